The Morgan fingerprint density at radius 2 is 1.81 bits per heavy atom. The van der Waals surface area contributed by atoms with Crippen molar-refractivity contribution in [2.45, 2.75) is 19.4 Å². The lowest BCUT2D eigenvalue weighted by atomic mass is 10.3. The highest BCUT2D eigenvalue weighted by molar-refractivity contribution is 5.95. The Balaban J connectivity index is 1.32. The second-order valence-electron chi connectivity index (χ2n) is 8.15. The molecule has 36 heavy (non-hydrogen) atoms. The number of aromatic nitrogens is 5. The Hall–Kier alpha value is -4.73. The summed E-state index contributed by atoms with van der Waals surface area (Å²) in [6, 6.07) is 21.3. The van der Waals surface area contributed by atoms with Gasteiger partial charge in [0.2, 0.25) is 5.95 Å². The fourth-order valence-electron chi connectivity index (χ4n) is 3.62. The van der Waals surface area contributed by atoms with Crippen LogP contribution in [0.25, 0.3) is 17.0 Å². The standard InChI is InChI=1S/C26H23FN6O3/c1-26(27,36-19-10-4-3-5-11-19)23(34)31-22-14-8-9-18(29-22)17-35-25-30-20-12-6-7-13-21(20)33(25)24-28-15-16-32(24)2/h3-16H,17H2,1-2H3,(H,29,31,34). The number of nitrogens with one attached hydrogen (secondary N) is 1. The Kier molecular flexibility index (Phi) is 6.07. The van der Waals surface area contributed by atoms with E-state index in [1.165, 1.54) is 0 Å². The number of para-hydroxylation sites is 3. The van der Waals surface area contributed by atoms with E-state index in [0.29, 0.717) is 17.7 Å². The molecule has 182 valence electrons. The summed E-state index contributed by atoms with van der Waals surface area (Å²) >= 11 is 0. The van der Waals surface area contributed by atoms with Gasteiger partial charge in [-0.15, -0.1) is 0 Å². The van der Waals surface area contributed by atoms with Crippen molar-refractivity contribution in [3.05, 3.63) is 90.9 Å². The first-order valence-corrected chi connectivity index (χ1v) is 11.2. The summed E-state index contributed by atoms with van der Waals surface area (Å²) in [6.07, 6.45) is 3.53. The van der Waals surface area contributed by atoms with Crippen molar-refractivity contribution >= 4 is 22.8 Å². The molecule has 1 unspecified atom stereocenters. The van der Waals surface area contributed by atoms with Gasteiger partial charge in [0.25, 0.3) is 0 Å². The third-order valence-electron chi connectivity index (χ3n) is 5.38. The molecular formula is C26H23FN6O3. The third-order valence-corrected chi connectivity index (χ3v) is 5.38. The quantitative estimate of drug-likeness (QED) is 0.349. The molecule has 0 aliphatic rings. The summed E-state index contributed by atoms with van der Waals surface area (Å²) < 4.78 is 29.8. The molecule has 1 atom stereocenters. The number of hydrogen-bond acceptors (Lipinski definition) is 6. The fraction of sp³-hybridized carbons (Fsp3) is 0.154. The van der Waals surface area contributed by atoms with E-state index in [1.54, 1.807) is 54.7 Å². The number of halogens is 1. The van der Waals surface area contributed by atoms with Crippen molar-refractivity contribution in [3.8, 4) is 17.7 Å². The van der Waals surface area contributed by atoms with E-state index in [0.717, 1.165) is 18.0 Å². The number of amides is 1. The van der Waals surface area contributed by atoms with Crippen LogP contribution in [0.15, 0.2) is 85.2 Å². The van der Waals surface area contributed by atoms with Crippen LogP contribution < -0.4 is 14.8 Å². The van der Waals surface area contributed by atoms with Crippen LogP contribution in [0, 0.1) is 0 Å². The summed E-state index contributed by atoms with van der Waals surface area (Å²) in [5.41, 5.74) is 2.11. The first-order chi connectivity index (χ1) is 17.4. The molecule has 3 aromatic heterocycles. The predicted molar refractivity (Wildman–Crippen MR) is 132 cm³/mol. The smallest absolute Gasteiger partial charge is 0.324 e. The van der Waals surface area contributed by atoms with Crippen LogP contribution in [-0.4, -0.2) is 35.8 Å². The van der Waals surface area contributed by atoms with Crippen LogP contribution >= 0.6 is 0 Å². The maximum absolute atomic E-state index is 14.9. The third kappa shape index (κ3) is 4.74. The maximum Gasteiger partial charge on any atom is 0.324 e. The van der Waals surface area contributed by atoms with E-state index in [1.807, 2.05) is 46.6 Å². The number of rotatable bonds is 8. The number of pyridine rings is 1. The number of aryl methyl sites for hydroxylation is 1. The topological polar surface area (TPSA) is 96.1 Å². The molecule has 5 aromatic rings. The van der Waals surface area contributed by atoms with Gasteiger partial charge in [0.05, 0.1) is 16.7 Å². The number of nitrogens with zero attached hydrogens (tertiary/aromatic N) is 5. The zero-order chi connectivity index (χ0) is 25.1. The fourth-order valence-corrected chi connectivity index (χ4v) is 3.62. The molecule has 2 aromatic carbocycles. The average molecular weight is 487 g/mol. The molecule has 5 rings (SSSR count). The Morgan fingerprint density at radius 3 is 2.58 bits per heavy atom. The van der Waals surface area contributed by atoms with Gasteiger partial charge in [-0.3, -0.25) is 4.79 Å². The highest BCUT2D eigenvalue weighted by Gasteiger charge is 2.36. The van der Waals surface area contributed by atoms with Crippen molar-refractivity contribution in [2.24, 2.45) is 7.05 Å². The Bertz CT molecular complexity index is 1510. The molecule has 9 nitrogen and oxygen atoms in total. The molecule has 1 amide bonds. The van der Waals surface area contributed by atoms with Crippen LogP contribution in [0.5, 0.6) is 11.8 Å². The summed E-state index contributed by atoms with van der Waals surface area (Å²) in [5.74, 6) is -2.52. The lowest BCUT2D eigenvalue weighted by Crippen LogP contribution is -2.41. The van der Waals surface area contributed by atoms with Crippen LogP contribution in [0.4, 0.5) is 10.2 Å². The van der Waals surface area contributed by atoms with Crippen molar-refractivity contribution in [2.75, 3.05) is 5.32 Å². The van der Waals surface area contributed by atoms with Gasteiger partial charge in [-0.1, -0.05) is 36.4 Å². The summed E-state index contributed by atoms with van der Waals surface area (Å²) in [7, 11) is 1.88. The van der Waals surface area contributed by atoms with E-state index in [2.05, 4.69) is 20.3 Å². The van der Waals surface area contributed by atoms with Crippen LogP contribution in [-0.2, 0) is 18.4 Å². The number of carbonyl (C=O) groups excluding carboxylic acids is 1. The van der Waals surface area contributed by atoms with Crippen molar-refractivity contribution < 1.29 is 18.7 Å². The molecule has 0 fully saturated rings. The molecular weight excluding hydrogens is 463 g/mol. The zero-order valence-electron chi connectivity index (χ0n) is 19.6. The first-order valence-electron chi connectivity index (χ1n) is 11.2. The summed E-state index contributed by atoms with van der Waals surface area (Å²) in [5, 5.41) is 2.46. The minimum atomic E-state index is -2.59. The number of anilines is 1. The predicted octanol–water partition coefficient (Wildman–Crippen LogP) is 4.44. The van der Waals surface area contributed by atoms with Gasteiger partial charge < -0.3 is 19.4 Å². The molecule has 0 bridgehead atoms. The Morgan fingerprint density at radius 1 is 1.03 bits per heavy atom. The van der Waals surface area contributed by atoms with Gasteiger partial charge in [-0.25, -0.2) is 14.5 Å². The zero-order valence-corrected chi connectivity index (χ0v) is 19.6. The number of ether oxygens (including phenoxy) is 2. The van der Waals surface area contributed by atoms with E-state index < -0.39 is 11.8 Å². The Labute approximate surface area is 206 Å². The second-order valence-corrected chi connectivity index (χ2v) is 8.15. The molecule has 0 saturated heterocycles. The highest BCUT2D eigenvalue weighted by Crippen LogP contribution is 2.26. The van der Waals surface area contributed by atoms with Gasteiger partial charge in [-0.2, -0.15) is 9.37 Å². The van der Waals surface area contributed by atoms with Gasteiger partial charge in [0, 0.05) is 26.4 Å². The largest absolute Gasteiger partial charge is 0.458 e. The number of imidazole rings is 2. The van der Waals surface area contributed by atoms with Crippen molar-refractivity contribution in [1.82, 2.24) is 24.1 Å². The van der Waals surface area contributed by atoms with E-state index in [9.17, 15) is 9.18 Å². The van der Waals surface area contributed by atoms with Crippen LogP contribution in [0.1, 0.15) is 12.6 Å². The number of carbonyl (C=O) groups is 1. The molecule has 1 N–H and O–H groups in total. The molecule has 0 aliphatic carbocycles. The van der Waals surface area contributed by atoms with Gasteiger partial charge in [0.1, 0.15) is 18.2 Å². The molecule has 0 spiro atoms. The van der Waals surface area contributed by atoms with Crippen LogP contribution in [0.2, 0.25) is 0 Å². The molecule has 3 heterocycles. The minimum absolute atomic E-state index is 0.0604. The maximum atomic E-state index is 14.9. The summed E-state index contributed by atoms with van der Waals surface area (Å²) in [4.78, 5) is 25.9. The number of hydrogen-bond donors (Lipinski definition) is 1. The molecule has 10 heteroatoms. The normalized spacial score (nSPS) is 12.8. The highest BCUT2D eigenvalue weighted by atomic mass is 19.2. The minimum Gasteiger partial charge on any atom is -0.458 e. The van der Waals surface area contributed by atoms with Crippen molar-refractivity contribution in [3.63, 3.8) is 0 Å². The second kappa shape index (κ2) is 9.49. The van der Waals surface area contributed by atoms with E-state index in [-0.39, 0.29) is 18.2 Å². The SMILES string of the molecule is Cn1ccnc1-n1c(OCc2cccc(NC(=O)C(C)(F)Oc3ccccc3)n2)nc2ccccc21. The molecule has 0 saturated carbocycles. The lowest BCUT2D eigenvalue weighted by molar-refractivity contribution is -0.144. The number of benzene rings is 2. The molecule has 0 radical (unpaired) electrons. The van der Waals surface area contributed by atoms with E-state index >= 15 is 0 Å². The van der Waals surface area contributed by atoms with E-state index in [4.69, 9.17) is 9.47 Å². The van der Waals surface area contributed by atoms with Gasteiger partial charge in [-0.05, 0) is 36.4 Å². The van der Waals surface area contributed by atoms with Gasteiger partial charge >= 0.3 is 17.8 Å². The van der Waals surface area contributed by atoms with Crippen LogP contribution in [0.3, 0.4) is 0 Å². The first kappa shape index (κ1) is 23.0. The molecule has 0 aliphatic heterocycles. The van der Waals surface area contributed by atoms with Crippen molar-refractivity contribution in [1.29, 1.82) is 0 Å². The monoisotopic (exact) mass is 486 g/mol. The van der Waals surface area contributed by atoms with Gasteiger partial charge in [0.15, 0.2) is 0 Å². The average Bonchev–Trinajstić information content (AvgIpc) is 3.45. The summed E-state index contributed by atoms with van der Waals surface area (Å²) in [6.45, 7) is 1.11. The number of fused-ring (bicyclic) bond motifs is 1. The number of alkyl halides is 1. The lowest BCUT2D eigenvalue weighted by Gasteiger charge is -2.21.